The zero-order chi connectivity index (χ0) is 11.8. The maximum atomic E-state index is 13.5. The van der Waals surface area contributed by atoms with Crippen LogP contribution in [0.5, 0.6) is 5.75 Å². The van der Waals surface area contributed by atoms with Crippen LogP contribution in [0.1, 0.15) is 42.3 Å². The van der Waals surface area contributed by atoms with Gasteiger partial charge in [-0.15, -0.1) is 0 Å². The standard InChI is InChI=1S/C12H15FO2/c1-7-8(6-14)11(15)9(5-10(7)13)12(2,3)4/h5-6,15H,1-4H3. The van der Waals surface area contributed by atoms with Crippen molar-refractivity contribution in [2.24, 2.45) is 0 Å². The van der Waals surface area contributed by atoms with Gasteiger partial charge in [-0.3, -0.25) is 4.79 Å². The van der Waals surface area contributed by atoms with E-state index in [9.17, 15) is 14.3 Å². The molecule has 15 heavy (non-hydrogen) atoms. The van der Waals surface area contributed by atoms with Crippen molar-refractivity contribution in [3.63, 3.8) is 0 Å². The Morgan fingerprint density at radius 2 is 1.93 bits per heavy atom. The number of carbonyl (C=O) groups is 1. The summed E-state index contributed by atoms with van der Waals surface area (Å²) in [5.74, 6) is -0.573. The summed E-state index contributed by atoms with van der Waals surface area (Å²) < 4.78 is 13.5. The molecule has 0 aliphatic carbocycles. The number of phenols is 1. The second-order valence-corrected chi connectivity index (χ2v) is 4.66. The van der Waals surface area contributed by atoms with Crippen LogP contribution in [0.25, 0.3) is 0 Å². The third-order valence-electron chi connectivity index (χ3n) is 2.47. The van der Waals surface area contributed by atoms with E-state index in [0.29, 0.717) is 11.8 Å². The molecule has 3 heteroatoms. The molecule has 1 aromatic rings. The topological polar surface area (TPSA) is 37.3 Å². The van der Waals surface area contributed by atoms with Crippen molar-refractivity contribution in [1.29, 1.82) is 0 Å². The first-order valence-electron chi connectivity index (χ1n) is 4.76. The summed E-state index contributed by atoms with van der Waals surface area (Å²) in [6.45, 7) is 7.04. The van der Waals surface area contributed by atoms with E-state index in [1.54, 1.807) is 0 Å². The van der Waals surface area contributed by atoms with Gasteiger partial charge in [0, 0.05) is 5.56 Å². The fourth-order valence-electron chi connectivity index (χ4n) is 1.47. The van der Waals surface area contributed by atoms with E-state index in [4.69, 9.17) is 0 Å². The monoisotopic (exact) mass is 210 g/mol. The first-order valence-corrected chi connectivity index (χ1v) is 4.76. The molecule has 0 aliphatic rings. The lowest BCUT2D eigenvalue weighted by Gasteiger charge is -2.22. The predicted molar refractivity (Wildman–Crippen MR) is 56.9 cm³/mol. The molecule has 82 valence electrons. The van der Waals surface area contributed by atoms with Gasteiger partial charge in [0.2, 0.25) is 0 Å². The Hall–Kier alpha value is -1.38. The lowest BCUT2D eigenvalue weighted by atomic mass is 9.84. The van der Waals surface area contributed by atoms with E-state index >= 15 is 0 Å². The molecule has 0 saturated carbocycles. The Morgan fingerprint density at radius 3 is 2.33 bits per heavy atom. The van der Waals surface area contributed by atoms with Crippen molar-refractivity contribution in [2.45, 2.75) is 33.1 Å². The van der Waals surface area contributed by atoms with Crippen molar-refractivity contribution >= 4 is 6.29 Å². The zero-order valence-electron chi connectivity index (χ0n) is 9.39. The van der Waals surface area contributed by atoms with E-state index in [-0.39, 0.29) is 16.9 Å². The molecule has 0 amide bonds. The van der Waals surface area contributed by atoms with Crippen LogP contribution >= 0.6 is 0 Å². The highest BCUT2D eigenvalue weighted by atomic mass is 19.1. The molecule has 0 atom stereocenters. The first-order chi connectivity index (χ1) is 6.79. The van der Waals surface area contributed by atoms with Crippen molar-refractivity contribution in [1.82, 2.24) is 0 Å². The third kappa shape index (κ3) is 2.01. The molecule has 1 N–H and O–H groups in total. The minimum atomic E-state index is -0.458. The number of hydrogen-bond acceptors (Lipinski definition) is 2. The molecule has 0 fully saturated rings. The zero-order valence-corrected chi connectivity index (χ0v) is 9.39. The van der Waals surface area contributed by atoms with Crippen molar-refractivity contribution < 1.29 is 14.3 Å². The van der Waals surface area contributed by atoms with Crippen LogP contribution in [-0.4, -0.2) is 11.4 Å². The highest BCUT2D eigenvalue weighted by Crippen LogP contribution is 2.35. The van der Waals surface area contributed by atoms with E-state index in [1.165, 1.54) is 13.0 Å². The summed E-state index contributed by atoms with van der Waals surface area (Å²) in [5.41, 5.74) is 0.291. The summed E-state index contributed by atoms with van der Waals surface area (Å²) in [6, 6.07) is 1.29. The Labute approximate surface area is 88.7 Å². The van der Waals surface area contributed by atoms with E-state index in [1.807, 2.05) is 20.8 Å². The quantitative estimate of drug-likeness (QED) is 0.723. The number of benzene rings is 1. The number of carbonyl (C=O) groups excluding carboxylic acids is 1. The molecule has 1 rings (SSSR count). The second-order valence-electron chi connectivity index (χ2n) is 4.66. The average Bonchev–Trinajstić information content (AvgIpc) is 2.10. The Bertz CT molecular complexity index is 403. The van der Waals surface area contributed by atoms with Gasteiger partial charge in [-0.25, -0.2) is 4.39 Å². The molecular formula is C12H15FO2. The number of aldehydes is 1. The van der Waals surface area contributed by atoms with Gasteiger partial charge in [0.25, 0.3) is 0 Å². The normalized spacial score (nSPS) is 11.5. The maximum Gasteiger partial charge on any atom is 0.154 e. The number of rotatable bonds is 1. The molecule has 0 heterocycles. The first kappa shape index (κ1) is 11.7. The van der Waals surface area contributed by atoms with Crippen LogP contribution in [0.15, 0.2) is 6.07 Å². The van der Waals surface area contributed by atoms with Crippen molar-refractivity contribution in [3.8, 4) is 5.75 Å². The molecule has 0 spiro atoms. The summed E-state index contributed by atoms with van der Waals surface area (Å²) >= 11 is 0. The number of aromatic hydroxyl groups is 1. The van der Waals surface area contributed by atoms with Gasteiger partial charge in [0.15, 0.2) is 6.29 Å². The number of halogens is 1. The summed E-state index contributed by atoms with van der Waals surface area (Å²) in [4.78, 5) is 10.8. The molecule has 0 aliphatic heterocycles. The summed E-state index contributed by atoms with van der Waals surface area (Å²) in [7, 11) is 0. The molecule has 1 aromatic carbocycles. The second kappa shape index (κ2) is 3.65. The molecular weight excluding hydrogens is 195 g/mol. The third-order valence-corrected chi connectivity index (χ3v) is 2.47. The predicted octanol–water partition coefficient (Wildman–Crippen LogP) is 2.95. The molecule has 0 aromatic heterocycles. The van der Waals surface area contributed by atoms with Gasteiger partial charge in [-0.1, -0.05) is 20.8 Å². The number of hydrogen-bond donors (Lipinski definition) is 1. The Kier molecular flexibility index (Phi) is 2.84. The fraction of sp³-hybridized carbons (Fsp3) is 0.417. The van der Waals surface area contributed by atoms with Gasteiger partial charge >= 0.3 is 0 Å². The van der Waals surface area contributed by atoms with Crippen molar-refractivity contribution in [3.05, 3.63) is 28.6 Å². The van der Waals surface area contributed by atoms with Crippen molar-refractivity contribution in [2.75, 3.05) is 0 Å². The van der Waals surface area contributed by atoms with E-state index < -0.39 is 11.2 Å². The highest BCUT2D eigenvalue weighted by molar-refractivity contribution is 5.82. The maximum absolute atomic E-state index is 13.5. The smallest absolute Gasteiger partial charge is 0.154 e. The Balaban J connectivity index is 3.58. The SMILES string of the molecule is Cc1c(F)cc(C(C)(C)C)c(O)c1C=O. The van der Waals surface area contributed by atoms with Crippen LogP contribution in [0.2, 0.25) is 0 Å². The van der Waals surface area contributed by atoms with Gasteiger partial charge in [-0.05, 0) is 24.0 Å². The summed E-state index contributed by atoms with van der Waals surface area (Å²) in [6.07, 6.45) is 0.489. The molecule has 0 radical (unpaired) electrons. The van der Waals surface area contributed by atoms with Crippen LogP contribution in [0.4, 0.5) is 4.39 Å². The van der Waals surface area contributed by atoms with Crippen LogP contribution in [-0.2, 0) is 5.41 Å². The van der Waals surface area contributed by atoms with Crippen LogP contribution < -0.4 is 0 Å². The molecule has 0 bridgehead atoms. The molecule has 0 saturated heterocycles. The average molecular weight is 210 g/mol. The number of phenolic OH excluding ortho intramolecular Hbond substituents is 1. The minimum absolute atomic E-state index is 0.0416. The van der Waals surface area contributed by atoms with Gasteiger partial charge in [0.05, 0.1) is 5.56 Å². The molecule has 2 nitrogen and oxygen atoms in total. The largest absolute Gasteiger partial charge is 0.507 e. The lowest BCUT2D eigenvalue weighted by Crippen LogP contribution is -2.13. The van der Waals surface area contributed by atoms with Gasteiger partial charge in [0.1, 0.15) is 11.6 Å². The fourth-order valence-corrected chi connectivity index (χ4v) is 1.47. The van der Waals surface area contributed by atoms with Gasteiger partial charge < -0.3 is 5.11 Å². The minimum Gasteiger partial charge on any atom is -0.507 e. The lowest BCUT2D eigenvalue weighted by molar-refractivity contribution is 0.111. The van der Waals surface area contributed by atoms with E-state index in [2.05, 4.69) is 0 Å². The highest BCUT2D eigenvalue weighted by Gasteiger charge is 2.23. The molecule has 0 unspecified atom stereocenters. The van der Waals surface area contributed by atoms with Crippen LogP contribution in [0, 0.1) is 12.7 Å². The van der Waals surface area contributed by atoms with E-state index in [0.717, 1.165) is 0 Å². The Morgan fingerprint density at radius 1 is 1.40 bits per heavy atom. The van der Waals surface area contributed by atoms with Gasteiger partial charge in [-0.2, -0.15) is 0 Å². The van der Waals surface area contributed by atoms with Crippen LogP contribution in [0.3, 0.4) is 0 Å². The summed E-state index contributed by atoms with van der Waals surface area (Å²) in [5, 5.41) is 9.83.